The highest BCUT2D eigenvalue weighted by Crippen LogP contribution is 2.34. The van der Waals surface area contributed by atoms with Gasteiger partial charge in [0.1, 0.15) is 11.1 Å². The van der Waals surface area contributed by atoms with Crippen molar-refractivity contribution >= 4 is 22.1 Å². The molecule has 2 heterocycles. The van der Waals surface area contributed by atoms with Gasteiger partial charge in [-0.15, -0.1) is 0 Å². The molecule has 0 aliphatic rings. The summed E-state index contributed by atoms with van der Waals surface area (Å²) in [5.74, 6) is 0.886. The van der Waals surface area contributed by atoms with Gasteiger partial charge in [-0.3, -0.25) is 0 Å². The van der Waals surface area contributed by atoms with Gasteiger partial charge in [0, 0.05) is 10.9 Å². The summed E-state index contributed by atoms with van der Waals surface area (Å²) in [6.45, 7) is -0.120. The molecule has 0 aliphatic heterocycles. The Morgan fingerprint density at radius 3 is 2.45 bits per heavy atom. The molecule has 4 aromatic rings. The Kier molecular flexibility index (Phi) is 2.37. The minimum atomic E-state index is -0.120. The lowest BCUT2D eigenvalue weighted by molar-refractivity contribution is 0.282. The van der Waals surface area contributed by atoms with E-state index in [0.717, 1.165) is 10.9 Å². The van der Waals surface area contributed by atoms with Crippen molar-refractivity contribution in [3.05, 3.63) is 54.1 Å². The predicted molar refractivity (Wildman–Crippen MR) is 75.1 cm³/mol. The molecule has 0 amide bonds. The van der Waals surface area contributed by atoms with Gasteiger partial charge in [0.25, 0.3) is 5.89 Å². The Labute approximate surface area is 114 Å². The molecule has 0 saturated heterocycles. The number of rotatable bonds is 2. The van der Waals surface area contributed by atoms with E-state index in [1.54, 1.807) is 0 Å². The molecule has 0 unspecified atom stereocenters. The average Bonchev–Trinajstić information content (AvgIpc) is 3.07. The van der Waals surface area contributed by atoms with Crippen LogP contribution in [0.1, 0.15) is 5.56 Å². The summed E-state index contributed by atoms with van der Waals surface area (Å²) >= 11 is 0. The second-order valence-electron chi connectivity index (χ2n) is 4.55. The molecule has 98 valence electrons. The Hall–Kier alpha value is -2.59. The van der Waals surface area contributed by atoms with Crippen molar-refractivity contribution in [2.45, 2.75) is 6.61 Å². The third kappa shape index (κ3) is 1.55. The lowest BCUT2D eigenvalue weighted by atomic mass is 10.1. The summed E-state index contributed by atoms with van der Waals surface area (Å²) in [5, 5.41) is 10.5. The van der Waals surface area contributed by atoms with Crippen molar-refractivity contribution < 1.29 is 13.9 Å². The third-order valence-electron chi connectivity index (χ3n) is 3.34. The van der Waals surface area contributed by atoms with Crippen molar-refractivity contribution in [3.8, 4) is 11.7 Å². The van der Waals surface area contributed by atoms with Crippen LogP contribution in [0.3, 0.4) is 0 Å². The number of hydrogen-bond donors (Lipinski definition) is 1. The summed E-state index contributed by atoms with van der Waals surface area (Å²) in [4.78, 5) is 4.42. The van der Waals surface area contributed by atoms with Gasteiger partial charge in [-0.2, -0.15) is 0 Å². The van der Waals surface area contributed by atoms with Crippen LogP contribution in [0.2, 0.25) is 0 Å². The standard InChI is InChI=1S/C16H11NO3/c18-9-11-10-5-1-3-7-13(10)19-15(11)16-17-12-6-2-4-8-14(12)20-16/h1-8,18H,9H2. The van der Waals surface area contributed by atoms with Crippen molar-refractivity contribution in [1.82, 2.24) is 4.98 Å². The zero-order valence-electron chi connectivity index (χ0n) is 10.5. The third-order valence-corrected chi connectivity index (χ3v) is 3.34. The molecule has 4 heteroatoms. The average molecular weight is 265 g/mol. The van der Waals surface area contributed by atoms with Gasteiger partial charge in [0.05, 0.1) is 6.61 Å². The highest BCUT2D eigenvalue weighted by atomic mass is 16.4. The normalized spacial score (nSPS) is 11.4. The van der Waals surface area contributed by atoms with E-state index < -0.39 is 0 Å². The number of hydrogen-bond acceptors (Lipinski definition) is 4. The molecule has 0 saturated carbocycles. The molecular weight excluding hydrogens is 254 g/mol. The van der Waals surface area contributed by atoms with Gasteiger partial charge in [-0.05, 0) is 18.2 Å². The maximum atomic E-state index is 9.61. The van der Waals surface area contributed by atoms with Crippen LogP contribution in [0.15, 0.2) is 57.4 Å². The number of oxazole rings is 1. The second kappa shape index (κ2) is 4.21. The number of para-hydroxylation sites is 3. The number of aliphatic hydroxyl groups is 1. The van der Waals surface area contributed by atoms with Crippen LogP contribution >= 0.6 is 0 Å². The molecule has 4 nitrogen and oxygen atoms in total. The lowest BCUT2D eigenvalue weighted by Crippen LogP contribution is -1.84. The van der Waals surface area contributed by atoms with E-state index in [-0.39, 0.29) is 6.61 Å². The van der Waals surface area contributed by atoms with Crippen LogP contribution in [0.4, 0.5) is 0 Å². The van der Waals surface area contributed by atoms with Crippen LogP contribution in [0.5, 0.6) is 0 Å². The van der Waals surface area contributed by atoms with Gasteiger partial charge in [-0.1, -0.05) is 30.3 Å². The quantitative estimate of drug-likeness (QED) is 0.600. The summed E-state index contributed by atoms with van der Waals surface area (Å²) in [7, 11) is 0. The topological polar surface area (TPSA) is 59.4 Å². The van der Waals surface area contributed by atoms with Crippen LogP contribution in [-0.2, 0) is 6.61 Å². The summed E-state index contributed by atoms with van der Waals surface area (Å²) in [6, 6.07) is 15.1. The molecule has 2 aromatic carbocycles. The second-order valence-corrected chi connectivity index (χ2v) is 4.55. The smallest absolute Gasteiger partial charge is 0.264 e. The molecule has 0 radical (unpaired) electrons. The predicted octanol–water partition coefficient (Wildman–Crippen LogP) is 3.73. The van der Waals surface area contributed by atoms with Crippen LogP contribution < -0.4 is 0 Å². The fourth-order valence-corrected chi connectivity index (χ4v) is 2.40. The van der Waals surface area contributed by atoms with Crippen molar-refractivity contribution in [3.63, 3.8) is 0 Å². The Morgan fingerprint density at radius 2 is 1.65 bits per heavy atom. The number of benzene rings is 2. The molecule has 2 aromatic heterocycles. The molecule has 0 atom stereocenters. The molecule has 0 bridgehead atoms. The van der Waals surface area contributed by atoms with Gasteiger partial charge in [-0.25, -0.2) is 4.98 Å². The SMILES string of the molecule is OCc1c(-c2nc3ccccc3o2)oc2ccccc12. The van der Waals surface area contributed by atoms with Crippen LogP contribution in [-0.4, -0.2) is 10.1 Å². The van der Waals surface area contributed by atoms with E-state index in [1.165, 1.54) is 0 Å². The first-order chi connectivity index (χ1) is 9.86. The van der Waals surface area contributed by atoms with Crippen molar-refractivity contribution in [2.24, 2.45) is 0 Å². The number of furan rings is 1. The van der Waals surface area contributed by atoms with Gasteiger partial charge >= 0.3 is 0 Å². The zero-order valence-corrected chi connectivity index (χ0v) is 10.5. The zero-order chi connectivity index (χ0) is 13.5. The first-order valence-corrected chi connectivity index (χ1v) is 6.34. The van der Waals surface area contributed by atoms with E-state index in [4.69, 9.17) is 8.83 Å². The van der Waals surface area contributed by atoms with E-state index in [2.05, 4.69) is 4.98 Å². The van der Waals surface area contributed by atoms with Gasteiger partial charge < -0.3 is 13.9 Å². The van der Waals surface area contributed by atoms with E-state index in [9.17, 15) is 5.11 Å². The number of nitrogens with zero attached hydrogens (tertiary/aromatic N) is 1. The number of aliphatic hydroxyl groups excluding tert-OH is 1. The Balaban J connectivity index is 2.01. The fraction of sp³-hybridized carbons (Fsp3) is 0.0625. The molecule has 0 fully saturated rings. The Bertz CT molecular complexity index is 871. The Morgan fingerprint density at radius 1 is 0.900 bits per heavy atom. The van der Waals surface area contributed by atoms with Crippen LogP contribution in [0.25, 0.3) is 33.7 Å². The van der Waals surface area contributed by atoms with E-state index >= 15 is 0 Å². The molecule has 0 spiro atoms. The number of fused-ring (bicyclic) bond motifs is 2. The molecule has 4 rings (SSSR count). The largest absolute Gasteiger partial charge is 0.451 e. The molecular formula is C16H11NO3. The van der Waals surface area contributed by atoms with Crippen LogP contribution in [0, 0.1) is 0 Å². The summed E-state index contributed by atoms with van der Waals surface area (Å²) in [5.41, 5.74) is 2.89. The lowest BCUT2D eigenvalue weighted by Gasteiger charge is -1.93. The summed E-state index contributed by atoms with van der Waals surface area (Å²) in [6.07, 6.45) is 0. The minimum Gasteiger partial charge on any atom is -0.451 e. The fourth-order valence-electron chi connectivity index (χ4n) is 2.40. The van der Waals surface area contributed by atoms with E-state index in [0.29, 0.717) is 28.4 Å². The number of aromatic nitrogens is 1. The first-order valence-electron chi connectivity index (χ1n) is 6.34. The maximum absolute atomic E-state index is 9.61. The van der Waals surface area contributed by atoms with Crippen molar-refractivity contribution in [2.75, 3.05) is 0 Å². The van der Waals surface area contributed by atoms with E-state index in [1.807, 2.05) is 48.5 Å². The minimum absolute atomic E-state index is 0.120. The van der Waals surface area contributed by atoms with Gasteiger partial charge in [0.2, 0.25) is 0 Å². The summed E-state index contributed by atoms with van der Waals surface area (Å²) < 4.78 is 11.5. The highest BCUT2D eigenvalue weighted by Gasteiger charge is 2.19. The molecule has 1 N–H and O–H groups in total. The first kappa shape index (κ1) is 11.3. The van der Waals surface area contributed by atoms with Crippen molar-refractivity contribution in [1.29, 1.82) is 0 Å². The highest BCUT2D eigenvalue weighted by molar-refractivity contribution is 5.87. The molecule has 0 aliphatic carbocycles. The monoisotopic (exact) mass is 265 g/mol. The maximum Gasteiger partial charge on any atom is 0.264 e. The van der Waals surface area contributed by atoms with Gasteiger partial charge in [0.15, 0.2) is 11.3 Å². The molecule has 20 heavy (non-hydrogen) atoms.